The van der Waals surface area contributed by atoms with E-state index in [-0.39, 0.29) is 12.6 Å². The number of amides is 3. The number of carbonyl (C=O) groups excluding carboxylic acids is 1. The van der Waals surface area contributed by atoms with E-state index >= 15 is 0 Å². The second kappa shape index (κ2) is 7.29. The summed E-state index contributed by atoms with van der Waals surface area (Å²) in [4.78, 5) is 26.6. The highest BCUT2D eigenvalue weighted by molar-refractivity contribution is 6.03. The van der Waals surface area contributed by atoms with Crippen LogP contribution in [0.4, 0.5) is 15.3 Å². The van der Waals surface area contributed by atoms with Gasteiger partial charge in [-0.15, -0.1) is 0 Å². The molecule has 0 saturated heterocycles. The zero-order valence-corrected chi connectivity index (χ0v) is 13.3. The van der Waals surface area contributed by atoms with Crippen LogP contribution in [-0.4, -0.2) is 28.2 Å². The van der Waals surface area contributed by atoms with Crippen LogP contribution in [-0.2, 0) is 6.54 Å². The van der Waals surface area contributed by atoms with Crippen LogP contribution in [0.15, 0.2) is 24.3 Å². The van der Waals surface area contributed by atoms with Crippen molar-refractivity contribution in [1.29, 1.82) is 0 Å². The number of para-hydroxylation sites is 1. The van der Waals surface area contributed by atoms with Crippen molar-refractivity contribution in [3.63, 3.8) is 0 Å². The molecule has 5 heteroatoms. The van der Waals surface area contributed by atoms with E-state index in [1.807, 2.05) is 31.2 Å². The van der Waals surface area contributed by atoms with Crippen LogP contribution in [0.3, 0.4) is 0 Å². The molecule has 3 amide bonds. The fraction of sp³-hybridized carbons (Fsp3) is 0.529. The van der Waals surface area contributed by atoms with Gasteiger partial charge in [0.2, 0.25) is 0 Å². The standard InChI is InChI=1S/C17H24N2O3/c1-3-5-6-10-14(4-2)19-15-11-8-7-9-13(15)12-18(16(19)20)17(21)22/h7-9,11,14H,3-6,10,12H2,1-2H3,(H,21,22). The van der Waals surface area contributed by atoms with Crippen molar-refractivity contribution in [2.24, 2.45) is 0 Å². The molecule has 0 spiro atoms. The van der Waals surface area contributed by atoms with Gasteiger partial charge in [0.1, 0.15) is 0 Å². The number of fused-ring (bicyclic) bond motifs is 1. The zero-order chi connectivity index (χ0) is 16.1. The zero-order valence-electron chi connectivity index (χ0n) is 13.3. The molecule has 5 nitrogen and oxygen atoms in total. The van der Waals surface area contributed by atoms with E-state index in [1.165, 1.54) is 0 Å². The molecule has 0 radical (unpaired) electrons. The number of carboxylic acid groups (broad SMARTS) is 1. The third-order valence-electron chi connectivity index (χ3n) is 4.22. The highest BCUT2D eigenvalue weighted by Crippen LogP contribution is 2.32. The Morgan fingerprint density at radius 2 is 2.00 bits per heavy atom. The summed E-state index contributed by atoms with van der Waals surface area (Å²) in [5.41, 5.74) is 1.74. The summed E-state index contributed by atoms with van der Waals surface area (Å²) in [6, 6.07) is 7.20. The smallest absolute Gasteiger partial charge is 0.415 e. The van der Waals surface area contributed by atoms with Gasteiger partial charge in [-0.2, -0.15) is 0 Å². The molecular formula is C17H24N2O3. The topological polar surface area (TPSA) is 60.9 Å². The van der Waals surface area contributed by atoms with Crippen LogP contribution in [0.25, 0.3) is 0 Å². The number of benzene rings is 1. The molecule has 120 valence electrons. The molecule has 2 rings (SSSR count). The average molecular weight is 304 g/mol. The first-order valence-electron chi connectivity index (χ1n) is 8.01. The highest BCUT2D eigenvalue weighted by Gasteiger charge is 2.36. The van der Waals surface area contributed by atoms with Gasteiger partial charge in [0.05, 0.1) is 12.2 Å². The van der Waals surface area contributed by atoms with Crippen molar-refractivity contribution in [3.05, 3.63) is 29.8 Å². The lowest BCUT2D eigenvalue weighted by Gasteiger charge is -2.39. The Labute approximate surface area is 131 Å². The number of carbonyl (C=O) groups is 2. The van der Waals surface area contributed by atoms with Crippen molar-refractivity contribution in [2.75, 3.05) is 4.90 Å². The van der Waals surface area contributed by atoms with Gasteiger partial charge in [-0.25, -0.2) is 14.5 Å². The summed E-state index contributed by atoms with van der Waals surface area (Å²) in [7, 11) is 0. The van der Waals surface area contributed by atoms with Crippen LogP contribution in [0, 0.1) is 0 Å². The summed E-state index contributed by atoms with van der Waals surface area (Å²) >= 11 is 0. The molecule has 0 aliphatic carbocycles. The van der Waals surface area contributed by atoms with Gasteiger partial charge < -0.3 is 5.11 Å². The van der Waals surface area contributed by atoms with Gasteiger partial charge in [0.15, 0.2) is 0 Å². The average Bonchev–Trinajstić information content (AvgIpc) is 2.52. The summed E-state index contributed by atoms with van der Waals surface area (Å²) in [6.07, 6.45) is 3.83. The van der Waals surface area contributed by atoms with Gasteiger partial charge in [-0.1, -0.05) is 51.3 Å². The number of nitrogens with zero attached hydrogens (tertiary/aromatic N) is 2. The van der Waals surface area contributed by atoms with E-state index < -0.39 is 12.1 Å². The molecule has 1 aliphatic heterocycles. The monoisotopic (exact) mass is 304 g/mol. The fourth-order valence-corrected chi connectivity index (χ4v) is 3.00. The van der Waals surface area contributed by atoms with E-state index in [4.69, 9.17) is 0 Å². The van der Waals surface area contributed by atoms with Crippen LogP contribution in [0.1, 0.15) is 51.5 Å². The Balaban J connectivity index is 2.33. The summed E-state index contributed by atoms with van der Waals surface area (Å²) in [6.45, 7) is 4.33. The number of imide groups is 1. The molecule has 1 unspecified atom stereocenters. The lowest BCUT2D eigenvalue weighted by molar-refractivity contribution is 0.145. The predicted octanol–water partition coefficient (Wildman–Crippen LogP) is 4.47. The lowest BCUT2D eigenvalue weighted by Crippen LogP contribution is -2.53. The number of unbranched alkanes of at least 4 members (excludes halogenated alkanes) is 2. The van der Waals surface area contributed by atoms with E-state index in [1.54, 1.807) is 4.90 Å². The summed E-state index contributed by atoms with van der Waals surface area (Å²) in [5.74, 6) is 0. The van der Waals surface area contributed by atoms with Gasteiger partial charge in [0, 0.05) is 6.04 Å². The molecule has 1 atom stereocenters. The number of hydrogen-bond acceptors (Lipinski definition) is 2. The molecule has 1 aliphatic rings. The minimum Gasteiger partial charge on any atom is -0.465 e. The molecule has 1 N–H and O–H groups in total. The number of hydrogen-bond donors (Lipinski definition) is 1. The molecule has 0 saturated carbocycles. The van der Waals surface area contributed by atoms with Crippen molar-refractivity contribution in [1.82, 2.24) is 4.90 Å². The maximum absolute atomic E-state index is 12.6. The fourth-order valence-electron chi connectivity index (χ4n) is 3.00. The van der Waals surface area contributed by atoms with Crippen molar-refractivity contribution < 1.29 is 14.7 Å². The maximum Gasteiger partial charge on any atom is 0.415 e. The SMILES string of the molecule is CCCCCC(CC)N1C(=O)N(C(=O)O)Cc2ccccc21. The van der Waals surface area contributed by atoms with Crippen LogP contribution in [0.5, 0.6) is 0 Å². The van der Waals surface area contributed by atoms with Crippen molar-refractivity contribution in [3.8, 4) is 0 Å². The van der Waals surface area contributed by atoms with Crippen molar-refractivity contribution >= 4 is 17.8 Å². The number of anilines is 1. The molecule has 1 heterocycles. The van der Waals surface area contributed by atoms with Crippen molar-refractivity contribution in [2.45, 2.75) is 58.5 Å². The van der Waals surface area contributed by atoms with E-state index in [9.17, 15) is 14.7 Å². The second-order valence-electron chi connectivity index (χ2n) is 5.71. The summed E-state index contributed by atoms with van der Waals surface area (Å²) in [5, 5.41) is 9.30. The Bertz CT molecular complexity index is 544. The van der Waals surface area contributed by atoms with Gasteiger partial charge in [-0.3, -0.25) is 4.90 Å². The van der Waals surface area contributed by atoms with E-state index in [0.717, 1.165) is 48.3 Å². The molecule has 0 aromatic heterocycles. The maximum atomic E-state index is 12.6. The third-order valence-corrected chi connectivity index (χ3v) is 4.22. The summed E-state index contributed by atoms with van der Waals surface area (Å²) < 4.78 is 0. The lowest BCUT2D eigenvalue weighted by atomic mass is 10.0. The van der Waals surface area contributed by atoms with Crippen LogP contribution >= 0.6 is 0 Å². The van der Waals surface area contributed by atoms with Gasteiger partial charge in [-0.05, 0) is 24.5 Å². The number of rotatable bonds is 6. The first kappa shape index (κ1) is 16.3. The van der Waals surface area contributed by atoms with E-state index in [0.29, 0.717) is 0 Å². The Morgan fingerprint density at radius 1 is 1.27 bits per heavy atom. The normalized spacial score (nSPS) is 15.6. The highest BCUT2D eigenvalue weighted by atomic mass is 16.4. The third kappa shape index (κ3) is 3.24. The largest absolute Gasteiger partial charge is 0.465 e. The minimum absolute atomic E-state index is 0.0438. The molecular weight excluding hydrogens is 280 g/mol. The van der Waals surface area contributed by atoms with Gasteiger partial charge in [0.25, 0.3) is 0 Å². The van der Waals surface area contributed by atoms with E-state index in [2.05, 4.69) is 6.92 Å². The molecule has 22 heavy (non-hydrogen) atoms. The predicted molar refractivity (Wildman–Crippen MR) is 86.1 cm³/mol. The molecule has 0 bridgehead atoms. The van der Waals surface area contributed by atoms with Crippen LogP contribution in [0.2, 0.25) is 0 Å². The molecule has 1 aromatic carbocycles. The second-order valence-corrected chi connectivity index (χ2v) is 5.71. The van der Waals surface area contributed by atoms with Gasteiger partial charge >= 0.3 is 12.1 Å². The Morgan fingerprint density at radius 3 is 2.64 bits per heavy atom. The number of urea groups is 1. The Hall–Kier alpha value is -2.04. The minimum atomic E-state index is -1.19. The quantitative estimate of drug-likeness (QED) is 0.789. The van der Waals surface area contributed by atoms with Crippen LogP contribution < -0.4 is 4.90 Å². The molecule has 1 aromatic rings. The molecule has 0 fully saturated rings. The Kier molecular flexibility index (Phi) is 5.41. The first-order chi connectivity index (χ1) is 10.6. The first-order valence-corrected chi connectivity index (χ1v) is 8.01.